The Kier molecular flexibility index (Phi) is 12.3. The molecule has 0 unspecified atom stereocenters. The van der Waals surface area contributed by atoms with Crippen molar-refractivity contribution >= 4 is 5.78 Å². The molecular weight excluding hydrogens is 438 g/mol. The molecule has 2 nitrogen and oxygen atoms in total. The molecule has 0 radical (unpaired) electrons. The van der Waals surface area contributed by atoms with Crippen LogP contribution in [0.1, 0.15) is 144 Å². The third kappa shape index (κ3) is 8.62. The highest BCUT2D eigenvalue weighted by Gasteiger charge is 2.24. The van der Waals surface area contributed by atoms with Crippen LogP contribution in [0.5, 0.6) is 0 Å². The summed E-state index contributed by atoms with van der Waals surface area (Å²) < 4.78 is 0. The van der Waals surface area contributed by atoms with Gasteiger partial charge in [0.25, 0.3) is 0 Å². The second kappa shape index (κ2) is 15.7. The lowest BCUT2D eigenvalue weighted by atomic mass is 9.75. The Morgan fingerprint density at radius 3 is 2.08 bits per heavy atom. The van der Waals surface area contributed by atoms with Crippen LogP contribution >= 0.6 is 0 Å². The van der Waals surface area contributed by atoms with Crippen LogP contribution in [0.2, 0.25) is 0 Å². The average Bonchev–Trinajstić information content (AvgIpc) is 2.93. The lowest BCUT2D eigenvalue weighted by molar-refractivity contribution is 0.0979. The third-order valence-electron chi connectivity index (χ3n) is 8.21. The number of carbonyl (C=O) groups is 1. The first-order valence-corrected chi connectivity index (χ1v) is 14.8. The van der Waals surface area contributed by atoms with E-state index in [-0.39, 0.29) is 5.78 Å². The number of nitriles is 1. The van der Waals surface area contributed by atoms with E-state index in [1.54, 1.807) is 0 Å². The van der Waals surface area contributed by atoms with Gasteiger partial charge in [-0.05, 0) is 72.8 Å². The second-order valence-electron chi connectivity index (χ2n) is 11.0. The van der Waals surface area contributed by atoms with E-state index in [1.807, 2.05) is 18.2 Å². The van der Waals surface area contributed by atoms with Crippen molar-refractivity contribution in [2.24, 2.45) is 5.92 Å². The van der Waals surface area contributed by atoms with E-state index >= 15 is 0 Å². The SMILES string of the molecule is CCCCCCCC(=O)c1ccc(-c2ccc(C#N)cc2C2CCC(CCCCCCC)CC2)cc1. The van der Waals surface area contributed by atoms with Gasteiger partial charge < -0.3 is 0 Å². The molecule has 0 spiro atoms. The highest BCUT2D eigenvalue weighted by atomic mass is 16.1. The van der Waals surface area contributed by atoms with Crippen molar-refractivity contribution in [3.05, 3.63) is 59.2 Å². The molecule has 0 saturated heterocycles. The van der Waals surface area contributed by atoms with E-state index in [1.165, 1.54) is 94.6 Å². The van der Waals surface area contributed by atoms with Crippen LogP contribution in [-0.2, 0) is 0 Å². The van der Waals surface area contributed by atoms with Gasteiger partial charge >= 0.3 is 0 Å². The molecule has 3 rings (SSSR count). The maximum Gasteiger partial charge on any atom is 0.162 e. The Morgan fingerprint density at radius 1 is 0.806 bits per heavy atom. The molecule has 2 aromatic rings. The molecule has 2 heteroatoms. The molecule has 1 aliphatic carbocycles. The zero-order valence-corrected chi connectivity index (χ0v) is 22.9. The molecule has 36 heavy (non-hydrogen) atoms. The summed E-state index contributed by atoms with van der Waals surface area (Å²) in [4.78, 5) is 12.6. The van der Waals surface area contributed by atoms with E-state index in [0.29, 0.717) is 12.3 Å². The predicted octanol–water partition coefficient (Wildman–Crippen LogP) is 10.4. The molecule has 0 heterocycles. The maximum absolute atomic E-state index is 12.6. The number of unbranched alkanes of at least 4 members (excludes halogenated alkanes) is 8. The van der Waals surface area contributed by atoms with Gasteiger partial charge in [-0.15, -0.1) is 0 Å². The van der Waals surface area contributed by atoms with Gasteiger partial charge in [0.15, 0.2) is 5.78 Å². The number of ketones is 1. The first-order chi connectivity index (χ1) is 17.7. The number of Topliss-reactive ketones (excluding diaryl/α,β-unsaturated/α-hetero) is 1. The van der Waals surface area contributed by atoms with Gasteiger partial charge in [-0.1, -0.05) is 108 Å². The molecule has 194 valence electrons. The normalized spacial score (nSPS) is 17.6. The number of hydrogen-bond acceptors (Lipinski definition) is 2. The summed E-state index contributed by atoms with van der Waals surface area (Å²) in [6.07, 6.45) is 19.8. The van der Waals surface area contributed by atoms with Crippen molar-refractivity contribution in [3.8, 4) is 17.2 Å². The Labute approximate surface area is 220 Å². The van der Waals surface area contributed by atoms with Crippen molar-refractivity contribution in [2.45, 2.75) is 122 Å². The summed E-state index contributed by atoms with van der Waals surface area (Å²) in [5, 5.41) is 9.55. The van der Waals surface area contributed by atoms with Gasteiger partial charge in [-0.25, -0.2) is 0 Å². The number of nitrogens with zero attached hydrogens (tertiary/aromatic N) is 1. The highest BCUT2D eigenvalue weighted by Crippen LogP contribution is 2.41. The first-order valence-electron chi connectivity index (χ1n) is 14.8. The fraction of sp³-hybridized carbons (Fsp3) is 0.588. The maximum atomic E-state index is 12.6. The largest absolute Gasteiger partial charge is 0.294 e. The lowest BCUT2D eigenvalue weighted by Crippen LogP contribution is -2.14. The Balaban J connectivity index is 1.62. The van der Waals surface area contributed by atoms with Gasteiger partial charge in [0.1, 0.15) is 0 Å². The van der Waals surface area contributed by atoms with Crippen LogP contribution in [0.25, 0.3) is 11.1 Å². The van der Waals surface area contributed by atoms with Crippen molar-refractivity contribution < 1.29 is 4.79 Å². The second-order valence-corrected chi connectivity index (χ2v) is 11.0. The summed E-state index contributed by atoms with van der Waals surface area (Å²) >= 11 is 0. The van der Waals surface area contributed by atoms with Crippen molar-refractivity contribution in [1.29, 1.82) is 5.26 Å². The Hall–Kier alpha value is -2.40. The third-order valence-corrected chi connectivity index (χ3v) is 8.21. The minimum Gasteiger partial charge on any atom is -0.294 e. The van der Waals surface area contributed by atoms with E-state index in [0.717, 1.165) is 35.4 Å². The number of carbonyl (C=O) groups excluding carboxylic acids is 1. The summed E-state index contributed by atoms with van der Waals surface area (Å²) in [7, 11) is 0. The summed E-state index contributed by atoms with van der Waals surface area (Å²) in [6.45, 7) is 4.49. The molecule has 0 N–H and O–H groups in total. The molecule has 2 aromatic carbocycles. The first kappa shape index (κ1) is 28.2. The average molecular weight is 486 g/mol. The van der Waals surface area contributed by atoms with Gasteiger partial charge in [0, 0.05) is 12.0 Å². The summed E-state index contributed by atoms with van der Waals surface area (Å²) in [6, 6.07) is 16.8. The Morgan fingerprint density at radius 2 is 1.44 bits per heavy atom. The van der Waals surface area contributed by atoms with Gasteiger partial charge in [0.05, 0.1) is 11.6 Å². The zero-order chi connectivity index (χ0) is 25.6. The lowest BCUT2D eigenvalue weighted by Gasteiger charge is -2.30. The topological polar surface area (TPSA) is 40.9 Å². The highest BCUT2D eigenvalue weighted by molar-refractivity contribution is 5.96. The smallest absolute Gasteiger partial charge is 0.162 e. The van der Waals surface area contributed by atoms with E-state index in [2.05, 4.69) is 44.2 Å². The predicted molar refractivity (Wildman–Crippen MR) is 152 cm³/mol. The monoisotopic (exact) mass is 485 g/mol. The molecule has 0 aromatic heterocycles. The minimum absolute atomic E-state index is 0.256. The molecule has 0 amide bonds. The molecule has 1 aliphatic rings. The molecule has 0 bridgehead atoms. The number of benzene rings is 2. The van der Waals surface area contributed by atoms with Crippen LogP contribution in [0.15, 0.2) is 42.5 Å². The van der Waals surface area contributed by atoms with Crippen molar-refractivity contribution in [2.75, 3.05) is 0 Å². The molecule has 0 aliphatic heterocycles. The van der Waals surface area contributed by atoms with Crippen molar-refractivity contribution in [1.82, 2.24) is 0 Å². The standard InChI is InChI=1S/C34H47NO/c1-3-5-7-9-11-13-27-15-18-30(19-16-27)33-25-28(26-35)17-24-32(33)29-20-22-31(23-21-29)34(36)14-12-10-8-6-4-2/h17,20-25,27,30H,3-16,18-19H2,1-2H3. The molecule has 1 fully saturated rings. The number of hydrogen-bond donors (Lipinski definition) is 0. The van der Waals surface area contributed by atoms with E-state index in [4.69, 9.17) is 0 Å². The summed E-state index contributed by atoms with van der Waals surface area (Å²) in [5.74, 6) is 1.65. The molecule has 1 saturated carbocycles. The van der Waals surface area contributed by atoms with Gasteiger partial charge in [-0.3, -0.25) is 4.79 Å². The fourth-order valence-electron chi connectivity index (χ4n) is 5.90. The fourth-order valence-corrected chi connectivity index (χ4v) is 5.90. The van der Waals surface area contributed by atoms with Crippen LogP contribution in [-0.4, -0.2) is 5.78 Å². The Bertz CT molecular complexity index is 960. The summed E-state index contributed by atoms with van der Waals surface area (Å²) in [5.41, 5.74) is 5.29. The van der Waals surface area contributed by atoms with E-state index in [9.17, 15) is 10.1 Å². The zero-order valence-electron chi connectivity index (χ0n) is 22.9. The quantitative estimate of drug-likeness (QED) is 0.186. The van der Waals surface area contributed by atoms with E-state index < -0.39 is 0 Å². The molecular formula is C34H47NO. The van der Waals surface area contributed by atoms with Crippen LogP contribution in [0, 0.1) is 17.2 Å². The van der Waals surface area contributed by atoms with Crippen molar-refractivity contribution in [3.63, 3.8) is 0 Å². The number of rotatable bonds is 15. The van der Waals surface area contributed by atoms with Crippen LogP contribution < -0.4 is 0 Å². The minimum atomic E-state index is 0.256. The molecule has 0 atom stereocenters. The van der Waals surface area contributed by atoms with Crippen LogP contribution in [0.3, 0.4) is 0 Å². The van der Waals surface area contributed by atoms with Gasteiger partial charge in [-0.2, -0.15) is 5.26 Å². The van der Waals surface area contributed by atoms with Gasteiger partial charge in [0.2, 0.25) is 0 Å². The van der Waals surface area contributed by atoms with Crippen LogP contribution in [0.4, 0.5) is 0 Å².